The maximum atomic E-state index is 9.25. The predicted molar refractivity (Wildman–Crippen MR) is 81.8 cm³/mol. The Labute approximate surface area is 126 Å². The van der Waals surface area contributed by atoms with E-state index in [0.29, 0.717) is 16.7 Å². The largest absolute Gasteiger partial charge is 0.508 e. The van der Waals surface area contributed by atoms with E-state index >= 15 is 0 Å². The van der Waals surface area contributed by atoms with Crippen LogP contribution >= 0.6 is 11.6 Å². The maximum Gasteiger partial charge on any atom is 0.250 e. The molecular formula is C16H11ClN2O2. The minimum absolute atomic E-state index is 0.199. The van der Waals surface area contributed by atoms with Gasteiger partial charge in [0.05, 0.1) is 0 Å². The van der Waals surface area contributed by atoms with Crippen LogP contribution in [0, 0.1) is 0 Å². The van der Waals surface area contributed by atoms with Crippen molar-refractivity contribution in [2.24, 2.45) is 0 Å². The maximum absolute atomic E-state index is 9.25. The van der Waals surface area contributed by atoms with E-state index in [1.54, 1.807) is 30.3 Å². The van der Waals surface area contributed by atoms with Gasteiger partial charge in [-0.05, 0) is 48.0 Å². The number of aromatic hydroxyl groups is 1. The number of hydrogen-bond donors (Lipinski definition) is 1. The Kier molecular flexibility index (Phi) is 3.71. The van der Waals surface area contributed by atoms with Crippen molar-refractivity contribution in [3.05, 3.63) is 65.0 Å². The lowest BCUT2D eigenvalue weighted by Crippen LogP contribution is -1.79. The zero-order valence-electron chi connectivity index (χ0n) is 10.9. The van der Waals surface area contributed by atoms with Crippen molar-refractivity contribution < 1.29 is 9.63 Å². The molecule has 21 heavy (non-hydrogen) atoms. The van der Waals surface area contributed by atoms with E-state index in [0.717, 1.165) is 11.1 Å². The van der Waals surface area contributed by atoms with E-state index in [9.17, 15) is 5.11 Å². The van der Waals surface area contributed by atoms with Crippen molar-refractivity contribution in [2.75, 3.05) is 0 Å². The van der Waals surface area contributed by atoms with Gasteiger partial charge in [0, 0.05) is 16.7 Å². The summed E-state index contributed by atoms with van der Waals surface area (Å²) < 4.78 is 5.16. The highest BCUT2D eigenvalue weighted by Crippen LogP contribution is 2.19. The molecule has 1 N–H and O–H groups in total. The fraction of sp³-hybridized carbons (Fsp3) is 0. The summed E-state index contributed by atoms with van der Waals surface area (Å²) in [6.07, 6.45) is 3.60. The first-order valence-corrected chi connectivity index (χ1v) is 6.65. The Morgan fingerprint density at radius 2 is 1.67 bits per heavy atom. The van der Waals surface area contributed by atoms with Crippen molar-refractivity contribution in [2.45, 2.75) is 0 Å². The number of phenolic OH excluding ortho intramolecular Hbond substituents is 1. The van der Waals surface area contributed by atoms with Crippen molar-refractivity contribution in [1.29, 1.82) is 0 Å². The molecule has 0 radical (unpaired) electrons. The van der Waals surface area contributed by atoms with E-state index < -0.39 is 0 Å². The van der Waals surface area contributed by atoms with Gasteiger partial charge in [-0.3, -0.25) is 0 Å². The molecule has 0 bridgehead atoms. The molecule has 1 aromatic heterocycles. The molecular weight excluding hydrogens is 288 g/mol. The molecule has 0 aliphatic rings. The van der Waals surface area contributed by atoms with Gasteiger partial charge in [-0.1, -0.05) is 28.9 Å². The summed E-state index contributed by atoms with van der Waals surface area (Å²) >= 11 is 5.83. The van der Waals surface area contributed by atoms with Crippen LogP contribution in [-0.4, -0.2) is 15.2 Å². The average Bonchev–Trinajstić information content (AvgIpc) is 2.96. The molecule has 4 nitrogen and oxygen atoms in total. The number of nitrogens with zero attached hydrogens (tertiary/aromatic N) is 2. The highest BCUT2D eigenvalue weighted by Gasteiger charge is 2.06. The van der Waals surface area contributed by atoms with Gasteiger partial charge in [-0.25, -0.2) is 0 Å². The molecule has 104 valence electrons. The molecule has 3 rings (SSSR count). The summed E-state index contributed by atoms with van der Waals surface area (Å²) in [6, 6.07) is 14.0. The fourth-order valence-electron chi connectivity index (χ4n) is 1.77. The Balaban J connectivity index is 1.78. The van der Waals surface area contributed by atoms with Crippen molar-refractivity contribution in [3.63, 3.8) is 0 Å². The fourth-order valence-corrected chi connectivity index (χ4v) is 1.90. The molecule has 3 aromatic rings. The van der Waals surface area contributed by atoms with Crippen LogP contribution in [0.4, 0.5) is 0 Å². The third-order valence-corrected chi connectivity index (χ3v) is 3.11. The quantitative estimate of drug-likeness (QED) is 0.784. The molecule has 1 heterocycles. The lowest BCUT2D eigenvalue weighted by Gasteiger charge is -1.93. The second-order valence-corrected chi connectivity index (χ2v) is 4.82. The lowest BCUT2D eigenvalue weighted by molar-refractivity contribution is 0.411. The molecule has 0 fully saturated rings. The van der Waals surface area contributed by atoms with Crippen LogP contribution < -0.4 is 0 Å². The third kappa shape index (κ3) is 3.30. The van der Waals surface area contributed by atoms with Crippen LogP contribution in [0.15, 0.2) is 53.1 Å². The Hall–Kier alpha value is -2.59. The minimum atomic E-state index is 0.199. The first kappa shape index (κ1) is 13.4. The Bertz CT molecular complexity index is 762. The van der Waals surface area contributed by atoms with Crippen LogP contribution in [0.2, 0.25) is 5.02 Å². The van der Waals surface area contributed by atoms with Crippen LogP contribution in [0.1, 0.15) is 11.5 Å². The van der Waals surface area contributed by atoms with E-state index in [2.05, 4.69) is 10.1 Å². The summed E-state index contributed by atoms with van der Waals surface area (Å²) in [4.78, 5) is 4.27. The lowest BCUT2D eigenvalue weighted by atomic mass is 10.2. The van der Waals surface area contributed by atoms with Gasteiger partial charge < -0.3 is 9.63 Å². The zero-order chi connectivity index (χ0) is 14.7. The summed E-state index contributed by atoms with van der Waals surface area (Å²) in [5.74, 6) is 1.09. The van der Waals surface area contributed by atoms with Crippen molar-refractivity contribution in [3.8, 4) is 17.1 Å². The van der Waals surface area contributed by atoms with E-state index in [1.807, 2.05) is 30.3 Å². The first-order chi connectivity index (χ1) is 10.2. The summed E-state index contributed by atoms with van der Waals surface area (Å²) in [6.45, 7) is 0. The van der Waals surface area contributed by atoms with Crippen LogP contribution in [0.25, 0.3) is 23.5 Å². The molecule has 0 atom stereocenters. The van der Waals surface area contributed by atoms with Gasteiger partial charge in [-0.15, -0.1) is 0 Å². The van der Waals surface area contributed by atoms with Gasteiger partial charge in [-0.2, -0.15) is 4.98 Å². The summed E-state index contributed by atoms with van der Waals surface area (Å²) in [5.41, 5.74) is 1.77. The summed E-state index contributed by atoms with van der Waals surface area (Å²) in [5, 5.41) is 13.9. The Morgan fingerprint density at radius 3 is 2.38 bits per heavy atom. The van der Waals surface area contributed by atoms with E-state index in [4.69, 9.17) is 16.1 Å². The van der Waals surface area contributed by atoms with Crippen molar-refractivity contribution in [1.82, 2.24) is 10.1 Å². The van der Waals surface area contributed by atoms with Gasteiger partial charge in [0.25, 0.3) is 5.89 Å². The van der Waals surface area contributed by atoms with E-state index in [1.165, 1.54) is 0 Å². The SMILES string of the molecule is Oc1ccc(-c2noc(C=Cc3ccc(Cl)cc3)n2)cc1. The van der Waals surface area contributed by atoms with Gasteiger partial charge in [0.1, 0.15) is 5.75 Å². The molecule has 0 aliphatic heterocycles. The smallest absolute Gasteiger partial charge is 0.250 e. The number of benzene rings is 2. The van der Waals surface area contributed by atoms with Crippen molar-refractivity contribution >= 4 is 23.8 Å². The average molecular weight is 299 g/mol. The second kappa shape index (κ2) is 5.81. The number of halogens is 1. The molecule has 0 unspecified atom stereocenters. The molecule has 0 spiro atoms. The minimum Gasteiger partial charge on any atom is -0.508 e. The molecule has 5 heteroatoms. The number of hydrogen-bond acceptors (Lipinski definition) is 4. The van der Waals surface area contributed by atoms with Crippen LogP contribution in [-0.2, 0) is 0 Å². The van der Waals surface area contributed by atoms with Gasteiger partial charge >= 0.3 is 0 Å². The number of phenols is 1. The Morgan fingerprint density at radius 1 is 0.952 bits per heavy atom. The highest BCUT2D eigenvalue weighted by atomic mass is 35.5. The number of aromatic nitrogens is 2. The molecule has 0 saturated heterocycles. The topological polar surface area (TPSA) is 59.2 Å². The molecule has 0 aliphatic carbocycles. The standard InChI is InChI=1S/C16H11ClN2O2/c17-13-6-1-11(2-7-13)3-10-15-18-16(19-21-15)12-4-8-14(20)9-5-12/h1-10,20H. The number of rotatable bonds is 3. The molecule has 0 amide bonds. The molecule has 0 saturated carbocycles. The van der Waals surface area contributed by atoms with Crippen LogP contribution in [0.3, 0.4) is 0 Å². The second-order valence-electron chi connectivity index (χ2n) is 4.39. The molecule has 2 aromatic carbocycles. The summed E-state index contributed by atoms with van der Waals surface area (Å²) in [7, 11) is 0. The van der Waals surface area contributed by atoms with Gasteiger partial charge in [0.15, 0.2) is 0 Å². The van der Waals surface area contributed by atoms with Gasteiger partial charge in [0.2, 0.25) is 5.82 Å². The third-order valence-electron chi connectivity index (χ3n) is 2.86. The first-order valence-electron chi connectivity index (χ1n) is 6.27. The predicted octanol–water partition coefficient (Wildman–Crippen LogP) is 4.27. The monoisotopic (exact) mass is 298 g/mol. The van der Waals surface area contributed by atoms with E-state index in [-0.39, 0.29) is 5.75 Å². The highest BCUT2D eigenvalue weighted by molar-refractivity contribution is 6.30. The van der Waals surface area contributed by atoms with Crippen LogP contribution in [0.5, 0.6) is 5.75 Å². The zero-order valence-corrected chi connectivity index (χ0v) is 11.7. The normalized spacial score (nSPS) is 11.1.